The van der Waals surface area contributed by atoms with E-state index in [-0.39, 0.29) is 12.3 Å². The predicted octanol–water partition coefficient (Wildman–Crippen LogP) is 4.11. The Labute approximate surface area is 204 Å². The SMILES string of the molecule is COC(=O)[C@]1(C=O)CC2O[C@]1(C)n1c3ccccc3c3c4c(c5c6ccccc6n2c5c31)C(=O)NC4. The van der Waals surface area contributed by atoms with Gasteiger partial charge >= 0.3 is 5.97 Å². The molecule has 1 fully saturated rings. The zero-order valence-electron chi connectivity index (χ0n) is 19.6. The summed E-state index contributed by atoms with van der Waals surface area (Å²) in [4.78, 5) is 39.5. The van der Waals surface area contributed by atoms with Crippen molar-refractivity contribution in [1.29, 1.82) is 0 Å². The van der Waals surface area contributed by atoms with E-state index in [4.69, 9.17) is 9.47 Å². The van der Waals surface area contributed by atoms with Gasteiger partial charge in [0.15, 0.2) is 11.1 Å². The molecule has 1 N–H and O–H groups in total. The van der Waals surface area contributed by atoms with Crippen molar-refractivity contribution in [1.82, 2.24) is 14.5 Å². The van der Waals surface area contributed by atoms with Gasteiger partial charge in [-0.05, 0) is 24.6 Å². The van der Waals surface area contributed by atoms with Gasteiger partial charge in [0.2, 0.25) is 0 Å². The number of aromatic nitrogens is 2. The number of carbonyl (C=O) groups is 3. The van der Waals surface area contributed by atoms with Gasteiger partial charge in [0, 0.05) is 34.5 Å². The summed E-state index contributed by atoms with van der Waals surface area (Å²) in [7, 11) is 1.30. The highest BCUT2D eigenvalue weighted by molar-refractivity contribution is 6.31. The topological polar surface area (TPSA) is 91.6 Å². The molecule has 0 spiro atoms. The molecule has 5 heterocycles. The lowest BCUT2D eigenvalue weighted by Gasteiger charge is -2.37. The third-order valence-corrected chi connectivity index (χ3v) is 8.67. The molecule has 3 aliphatic rings. The summed E-state index contributed by atoms with van der Waals surface area (Å²) in [6.45, 7) is 2.21. The van der Waals surface area contributed by atoms with Gasteiger partial charge in [0.1, 0.15) is 12.5 Å². The lowest BCUT2D eigenvalue weighted by molar-refractivity contribution is -0.180. The number of rotatable bonds is 2. The number of aldehydes is 1. The van der Waals surface area contributed by atoms with Crippen LogP contribution in [-0.4, -0.2) is 34.4 Å². The molecule has 0 radical (unpaired) electrons. The van der Waals surface area contributed by atoms with Crippen LogP contribution in [0.1, 0.15) is 35.5 Å². The second kappa shape index (κ2) is 6.14. The summed E-state index contributed by atoms with van der Waals surface area (Å²) in [5.41, 5.74) is 2.16. The van der Waals surface area contributed by atoms with Crippen LogP contribution >= 0.6 is 0 Å². The Morgan fingerprint density at radius 1 is 1.08 bits per heavy atom. The van der Waals surface area contributed by atoms with E-state index in [1.807, 2.05) is 53.1 Å². The van der Waals surface area contributed by atoms with Gasteiger partial charge in [-0.15, -0.1) is 0 Å². The Kier molecular flexibility index (Phi) is 3.42. The Balaban J connectivity index is 1.73. The van der Waals surface area contributed by atoms with Crippen LogP contribution in [0.2, 0.25) is 0 Å². The molecule has 1 unspecified atom stereocenters. The van der Waals surface area contributed by atoms with Crippen molar-refractivity contribution in [3.05, 3.63) is 59.7 Å². The van der Waals surface area contributed by atoms with Crippen molar-refractivity contribution >= 4 is 61.8 Å². The van der Waals surface area contributed by atoms with E-state index >= 15 is 0 Å². The summed E-state index contributed by atoms with van der Waals surface area (Å²) >= 11 is 0. The van der Waals surface area contributed by atoms with Gasteiger partial charge in [-0.25, -0.2) is 0 Å². The first-order valence-corrected chi connectivity index (χ1v) is 12.0. The maximum Gasteiger partial charge on any atom is 0.324 e. The number of hydrogen-bond acceptors (Lipinski definition) is 5. The van der Waals surface area contributed by atoms with E-state index in [0.717, 1.165) is 49.2 Å². The second-order valence-corrected chi connectivity index (χ2v) is 10.1. The monoisotopic (exact) mass is 479 g/mol. The molecule has 178 valence electrons. The maximum atomic E-state index is 13.4. The van der Waals surface area contributed by atoms with Crippen LogP contribution in [0.3, 0.4) is 0 Å². The zero-order valence-corrected chi connectivity index (χ0v) is 19.6. The van der Waals surface area contributed by atoms with Crippen molar-refractivity contribution in [2.24, 2.45) is 5.41 Å². The molecule has 8 heteroatoms. The molecule has 3 aromatic carbocycles. The minimum Gasteiger partial charge on any atom is -0.468 e. The summed E-state index contributed by atoms with van der Waals surface area (Å²) in [6, 6.07) is 15.8. The third-order valence-electron chi connectivity index (χ3n) is 8.67. The number of esters is 1. The van der Waals surface area contributed by atoms with E-state index in [9.17, 15) is 14.4 Å². The first-order chi connectivity index (χ1) is 17.5. The first-order valence-electron chi connectivity index (χ1n) is 12.0. The first kappa shape index (κ1) is 20.1. The molecule has 1 saturated heterocycles. The number of carbonyl (C=O) groups excluding carboxylic acids is 3. The second-order valence-electron chi connectivity index (χ2n) is 10.1. The summed E-state index contributed by atoms with van der Waals surface area (Å²) in [5, 5.41) is 6.74. The number of benzene rings is 3. The van der Waals surface area contributed by atoms with Gasteiger partial charge in [-0.1, -0.05) is 36.4 Å². The van der Waals surface area contributed by atoms with Crippen LogP contribution < -0.4 is 5.32 Å². The molecule has 0 saturated carbocycles. The molecule has 2 aromatic heterocycles. The molecular formula is C28H21N3O5. The average Bonchev–Trinajstić information content (AvgIpc) is 3.60. The molecule has 8 nitrogen and oxygen atoms in total. The minimum atomic E-state index is -1.57. The third kappa shape index (κ3) is 1.88. The number of ether oxygens (including phenoxy) is 2. The van der Waals surface area contributed by atoms with E-state index in [0.29, 0.717) is 18.4 Å². The average molecular weight is 479 g/mol. The molecule has 36 heavy (non-hydrogen) atoms. The number of amides is 1. The van der Waals surface area contributed by atoms with Crippen molar-refractivity contribution in [3.63, 3.8) is 0 Å². The van der Waals surface area contributed by atoms with Crippen molar-refractivity contribution in [2.75, 3.05) is 7.11 Å². The molecule has 0 aliphatic carbocycles. The summed E-state index contributed by atoms with van der Waals surface area (Å²) < 4.78 is 16.1. The van der Waals surface area contributed by atoms with Gasteiger partial charge < -0.3 is 28.7 Å². The predicted molar refractivity (Wildman–Crippen MR) is 133 cm³/mol. The Bertz CT molecular complexity index is 1880. The van der Waals surface area contributed by atoms with Gasteiger partial charge in [0.25, 0.3) is 5.91 Å². The Morgan fingerprint density at radius 2 is 1.78 bits per heavy atom. The summed E-state index contributed by atoms with van der Waals surface area (Å²) in [6.07, 6.45) is 0.196. The van der Waals surface area contributed by atoms with Crippen LogP contribution in [0, 0.1) is 5.41 Å². The van der Waals surface area contributed by atoms with Gasteiger partial charge in [0.05, 0.1) is 34.7 Å². The number of hydrogen-bond donors (Lipinski definition) is 1. The quantitative estimate of drug-likeness (QED) is 0.234. The van der Waals surface area contributed by atoms with Crippen molar-refractivity contribution in [2.45, 2.75) is 31.8 Å². The van der Waals surface area contributed by atoms with E-state index in [1.54, 1.807) is 6.92 Å². The largest absolute Gasteiger partial charge is 0.468 e. The number of para-hydroxylation sites is 2. The van der Waals surface area contributed by atoms with Crippen LogP contribution in [0.25, 0.3) is 43.6 Å². The fourth-order valence-electron chi connectivity index (χ4n) is 7.15. The molecule has 3 atom stereocenters. The molecule has 3 aliphatic heterocycles. The molecular weight excluding hydrogens is 458 g/mol. The lowest BCUT2D eigenvalue weighted by Crippen LogP contribution is -2.51. The van der Waals surface area contributed by atoms with Crippen LogP contribution in [0.5, 0.6) is 0 Å². The molecule has 1 amide bonds. The molecule has 2 bridgehead atoms. The number of fused-ring (bicyclic) bond motifs is 13. The van der Waals surface area contributed by atoms with Gasteiger partial charge in [-0.3, -0.25) is 9.59 Å². The Morgan fingerprint density at radius 3 is 2.50 bits per heavy atom. The van der Waals surface area contributed by atoms with Gasteiger partial charge in [-0.2, -0.15) is 0 Å². The van der Waals surface area contributed by atoms with Crippen molar-refractivity contribution in [3.8, 4) is 0 Å². The van der Waals surface area contributed by atoms with Crippen molar-refractivity contribution < 1.29 is 23.9 Å². The van der Waals surface area contributed by atoms with E-state index in [1.165, 1.54) is 7.11 Å². The standard InChI is InChI=1S/C28H21N3O5/c1-27-28(13-32,26(34)35-2)11-19(36-27)30-17-9-5-3-7-14(17)21-22-16(12-29-25(22)33)20-15-8-4-6-10-18(15)31(27)24(20)23(21)30/h3-10,13,19H,11-12H2,1-2H3,(H,29,33)/t19?,27-,28+/m0/s1. The fraction of sp³-hybridized carbons (Fsp3) is 0.250. The van der Waals surface area contributed by atoms with E-state index in [2.05, 4.69) is 9.88 Å². The normalized spacial score (nSPS) is 26.2. The molecule has 8 rings (SSSR count). The summed E-state index contributed by atoms with van der Waals surface area (Å²) in [5.74, 6) is -0.715. The van der Waals surface area contributed by atoms with Crippen LogP contribution in [0.15, 0.2) is 48.5 Å². The highest BCUT2D eigenvalue weighted by Crippen LogP contribution is 2.60. The zero-order chi connectivity index (χ0) is 24.6. The number of nitrogens with one attached hydrogen (secondary N) is 1. The smallest absolute Gasteiger partial charge is 0.324 e. The Hall–Kier alpha value is -4.17. The molecule has 5 aromatic rings. The van der Waals surface area contributed by atoms with E-state index < -0.39 is 23.3 Å². The van der Waals surface area contributed by atoms with Crippen LogP contribution in [0.4, 0.5) is 0 Å². The maximum absolute atomic E-state index is 13.4. The van der Waals surface area contributed by atoms with Crippen LogP contribution in [-0.2, 0) is 31.3 Å². The minimum absolute atomic E-state index is 0.0926. The fourth-order valence-corrected chi connectivity index (χ4v) is 7.15. The highest BCUT2D eigenvalue weighted by atomic mass is 16.6. The lowest BCUT2D eigenvalue weighted by atomic mass is 9.77. The number of methoxy groups -OCH3 is 1. The highest BCUT2D eigenvalue weighted by Gasteiger charge is 2.66. The number of nitrogens with zero attached hydrogens (tertiary/aromatic N) is 2.